The predicted molar refractivity (Wildman–Crippen MR) is 88.7 cm³/mol. The van der Waals surface area contributed by atoms with Gasteiger partial charge in [0.05, 0.1) is 18.2 Å². The molecule has 2 aromatic rings. The molecule has 1 heterocycles. The van der Waals surface area contributed by atoms with E-state index in [0.29, 0.717) is 0 Å². The largest absolute Gasteiger partial charge is 0.481 e. The Kier molecular flexibility index (Phi) is 6.12. The van der Waals surface area contributed by atoms with Crippen LogP contribution in [0.15, 0.2) is 40.9 Å². The highest BCUT2D eigenvalue weighted by atomic mass is 16.5. The maximum Gasteiger partial charge on any atom is 0.305 e. The van der Waals surface area contributed by atoms with E-state index < -0.39 is 17.9 Å². The summed E-state index contributed by atoms with van der Waals surface area (Å²) in [5, 5.41) is 15.8. The minimum Gasteiger partial charge on any atom is -0.481 e. The van der Waals surface area contributed by atoms with Crippen molar-refractivity contribution in [1.29, 1.82) is 0 Å². The molecule has 1 amide bonds. The van der Waals surface area contributed by atoms with Gasteiger partial charge >= 0.3 is 5.97 Å². The maximum absolute atomic E-state index is 12.4. The molecule has 128 valence electrons. The van der Waals surface area contributed by atoms with Gasteiger partial charge in [0.25, 0.3) is 5.91 Å². The predicted octanol–water partition coefficient (Wildman–Crippen LogP) is 3.52. The number of benzene rings is 1. The zero-order valence-corrected chi connectivity index (χ0v) is 13.9. The summed E-state index contributed by atoms with van der Waals surface area (Å²) in [5.74, 6) is -1.10. The molecule has 2 N–H and O–H groups in total. The average Bonchev–Trinajstić information content (AvgIpc) is 3.06. The third-order valence-corrected chi connectivity index (χ3v) is 4.04. The van der Waals surface area contributed by atoms with Crippen molar-refractivity contribution in [3.63, 3.8) is 0 Å². The highest BCUT2D eigenvalue weighted by Crippen LogP contribution is 2.23. The lowest BCUT2D eigenvalue weighted by Crippen LogP contribution is -2.29. The molecule has 6 heteroatoms. The molecule has 2 rings (SSSR count). The summed E-state index contributed by atoms with van der Waals surface area (Å²) in [6.07, 6.45) is 1.62. The summed E-state index contributed by atoms with van der Waals surface area (Å²) < 4.78 is 5.14. The van der Waals surface area contributed by atoms with E-state index in [1.165, 1.54) is 0 Å². The SMILES string of the molecule is CCC(CC)c1cc(C(=O)NC(CC(=O)O)c2ccccc2)on1. The van der Waals surface area contributed by atoms with Gasteiger partial charge in [-0.3, -0.25) is 9.59 Å². The van der Waals surface area contributed by atoms with Crippen molar-refractivity contribution in [3.05, 3.63) is 53.4 Å². The number of carboxylic acid groups (broad SMARTS) is 1. The lowest BCUT2D eigenvalue weighted by atomic mass is 9.99. The fraction of sp³-hybridized carbons (Fsp3) is 0.389. The summed E-state index contributed by atoms with van der Waals surface area (Å²) in [5.41, 5.74) is 1.48. The molecule has 0 aliphatic rings. The van der Waals surface area contributed by atoms with Gasteiger partial charge in [0, 0.05) is 12.0 Å². The molecule has 0 saturated carbocycles. The topological polar surface area (TPSA) is 92.4 Å². The second-order valence-corrected chi connectivity index (χ2v) is 5.66. The summed E-state index contributed by atoms with van der Waals surface area (Å²) in [7, 11) is 0. The molecule has 1 aromatic carbocycles. The first kappa shape index (κ1) is 17.7. The van der Waals surface area contributed by atoms with E-state index in [1.54, 1.807) is 30.3 Å². The number of carboxylic acids is 1. The van der Waals surface area contributed by atoms with Crippen LogP contribution in [0.1, 0.15) is 66.9 Å². The fourth-order valence-corrected chi connectivity index (χ4v) is 2.64. The quantitative estimate of drug-likeness (QED) is 0.772. The van der Waals surface area contributed by atoms with Crippen LogP contribution in [0.4, 0.5) is 0 Å². The van der Waals surface area contributed by atoms with Gasteiger partial charge in [-0.1, -0.05) is 49.3 Å². The van der Waals surface area contributed by atoms with E-state index >= 15 is 0 Å². The second kappa shape index (κ2) is 8.29. The normalized spacial score (nSPS) is 12.1. The number of carbonyl (C=O) groups is 2. The molecule has 1 atom stereocenters. The third kappa shape index (κ3) is 4.44. The van der Waals surface area contributed by atoms with E-state index in [2.05, 4.69) is 24.3 Å². The molecule has 6 nitrogen and oxygen atoms in total. The number of hydrogen-bond acceptors (Lipinski definition) is 4. The molecule has 0 spiro atoms. The van der Waals surface area contributed by atoms with E-state index in [-0.39, 0.29) is 18.1 Å². The van der Waals surface area contributed by atoms with Gasteiger partial charge in [0.15, 0.2) is 0 Å². The molecule has 1 aromatic heterocycles. The number of nitrogens with zero attached hydrogens (tertiary/aromatic N) is 1. The van der Waals surface area contributed by atoms with Gasteiger partial charge in [0.1, 0.15) is 0 Å². The van der Waals surface area contributed by atoms with Gasteiger partial charge in [0.2, 0.25) is 5.76 Å². The van der Waals surface area contributed by atoms with Crippen LogP contribution in [0.2, 0.25) is 0 Å². The molecule has 1 unspecified atom stereocenters. The zero-order valence-electron chi connectivity index (χ0n) is 13.9. The van der Waals surface area contributed by atoms with E-state index in [9.17, 15) is 9.59 Å². The van der Waals surface area contributed by atoms with Crippen molar-refractivity contribution < 1.29 is 19.2 Å². The fourth-order valence-electron chi connectivity index (χ4n) is 2.64. The third-order valence-electron chi connectivity index (χ3n) is 4.04. The molecular formula is C18H22N2O4. The second-order valence-electron chi connectivity index (χ2n) is 5.66. The number of carbonyl (C=O) groups excluding carboxylic acids is 1. The van der Waals surface area contributed by atoms with Crippen molar-refractivity contribution in [3.8, 4) is 0 Å². The first-order chi connectivity index (χ1) is 11.5. The summed E-state index contributed by atoms with van der Waals surface area (Å²) in [6.45, 7) is 4.11. The number of aliphatic carboxylic acids is 1. The van der Waals surface area contributed by atoms with Crippen LogP contribution < -0.4 is 5.32 Å². The number of amides is 1. The monoisotopic (exact) mass is 330 g/mol. The highest BCUT2D eigenvalue weighted by Gasteiger charge is 2.22. The lowest BCUT2D eigenvalue weighted by molar-refractivity contribution is -0.137. The molecule has 24 heavy (non-hydrogen) atoms. The number of nitrogens with one attached hydrogen (secondary N) is 1. The van der Waals surface area contributed by atoms with Crippen LogP contribution in [0.5, 0.6) is 0 Å². The van der Waals surface area contributed by atoms with Gasteiger partial charge in [-0.15, -0.1) is 0 Å². The van der Waals surface area contributed by atoms with Crippen LogP contribution in [-0.4, -0.2) is 22.1 Å². The first-order valence-corrected chi connectivity index (χ1v) is 8.09. The van der Waals surface area contributed by atoms with Crippen LogP contribution in [0.3, 0.4) is 0 Å². The van der Waals surface area contributed by atoms with Crippen molar-refractivity contribution in [2.45, 2.75) is 45.1 Å². The Morgan fingerprint density at radius 1 is 1.21 bits per heavy atom. The molecule has 0 saturated heterocycles. The highest BCUT2D eigenvalue weighted by molar-refractivity contribution is 5.92. The standard InChI is InChI=1S/C18H22N2O4/c1-3-12(4-2)15-10-16(24-20-15)18(23)19-14(11-17(21)22)13-8-6-5-7-9-13/h5-10,12,14H,3-4,11H2,1-2H3,(H,19,23)(H,21,22). The Balaban J connectivity index is 2.14. The minimum atomic E-state index is -0.987. The smallest absolute Gasteiger partial charge is 0.305 e. The molecule has 0 bridgehead atoms. The van der Waals surface area contributed by atoms with Crippen LogP contribution in [0, 0.1) is 0 Å². The summed E-state index contributed by atoms with van der Waals surface area (Å²) >= 11 is 0. The van der Waals surface area contributed by atoms with Gasteiger partial charge < -0.3 is 14.9 Å². The number of rotatable bonds is 8. The number of aromatic nitrogens is 1. The van der Waals surface area contributed by atoms with Crippen molar-refractivity contribution >= 4 is 11.9 Å². The van der Waals surface area contributed by atoms with E-state index in [1.807, 2.05) is 6.07 Å². The molecule has 0 aliphatic heterocycles. The van der Waals surface area contributed by atoms with Crippen molar-refractivity contribution in [1.82, 2.24) is 10.5 Å². The summed E-state index contributed by atoms with van der Waals surface area (Å²) in [6, 6.07) is 10.0. The van der Waals surface area contributed by atoms with Crippen molar-refractivity contribution in [2.24, 2.45) is 0 Å². The van der Waals surface area contributed by atoms with E-state index in [4.69, 9.17) is 9.63 Å². The molecule has 0 radical (unpaired) electrons. The van der Waals surface area contributed by atoms with Gasteiger partial charge in [-0.25, -0.2) is 0 Å². The van der Waals surface area contributed by atoms with Crippen LogP contribution >= 0.6 is 0 Å². The molecule has 0 aliphatic carbocycles. The minimum absolute atomic E-state index is 0.100. The molecular weight excluding hydrogens is 308 g/mol. The van der Waals surface area contributed by atoms with Gasteiger partial charge in [-0.2, -0.15) is 0 Å². The Labute approximate surface area is 140 Å². The maximum atomic E-state index is 12.4. The Hall–Kier alpha value is -2.63. The average molecular weight is 330 g/mol. The van der Waals surface area contributed by atoms with Crippen LogP contribution in [-0.2, 0) is 4.79 Å². The Morgan fingerprint density at radius 2 is 1.88 bits per heavy atom. The van der Waals surface area contributed by atoms with Crippen molar-refractivity contribution in [2.75, 3.05) is 0 Å². The number of hydrogen-bond donors (Lipinski definition) is 2. The Bertz CT molecular complexity index is 677. The first-order valence-electron chi connectivity index (χ1n) is 8.09. The Morgan fingerprint density at radius 3 is 2.46 bits per heavy atom. The van der Waals surface area contributed by atoms with Gasteiger partial charge in [-0.05, 0) is 18.4 Å². The zero-order chi connectivity index (χ0) is 17.5. The van der Waals surface area contributed by atoms with E-state index in [0.717, 1.165) is 24.1 Å². The lowest BCUT2D eigenvalue weighted by Gasteiger charge is -2.16. The molecule has 0 fully saturated rings. The summed E-state index contributed by atoms with van der Waals surface area (Å²) in [4.78, 5) is 23.5. The van der Waals surface area contributed by atoms with Crippen LogP contribution in [0.25, 0.3) is 0 Å².